The third-order valence-corrected chi connectivity index (χ3v) is 4.13. The van der Waals surface area contributed by atoms with Crippen LogP contribution in [0.2, 0.25) is 0 Å². The summed E-state index contributed by atoms with van der Waals surface area (Å²) in [5.41, 5.74) is 1.66. The van der Waals surface area contributed by atoms with Gasteiger partial charge in [-0.15, -0.1) is 0 Å². The lowest BCUT2D eigenvalue weighted by atomic mass is 9.95. The zero-order valence-corrected chi connectivity index (χ0v) is 17.0. The molecule has 0 aliphatic rings. The maximum Gasteiger partial charge on any atom is 0.338 e. The van der Waals surface area contributed by atoms with Crippen LogP contribution in [0.4, 0.5) is 5.69 Å². The summed E-state index contributed by atoms with van der Waals surface area (Å²) in [7, 11) is 3.96. The van der Waals surface area contributed by atoms with E-state index in [0.29, 0.717) is 30.0 Å². The van der Waals surface area contributed by atoms with Gasteiger partial charge in [-0.25, -0.2) is 4.79 Å². The fourth-order valence-corrected chi connectivity index (χ4v) is 2.92. The molecule has 1 atom stereocenters. The van der Waals surface area contributed by atoms with Crippen LogP contribution >= 0.6 is 0 Å². The number of rotatable bonds is 10. The Labute approximate surface area is 153 Å². The number of nitrogens with one attached hydrogen (secondary N) is 1. The highest BCUT2D eigenvalue weighted by molar-refractivity contribution is 5.89. The number of esters is 1. The Hall–Kier alpha value is -1.55. The van der Waals surface area contributed by atoms with E-state index in [-0.39, 0.29) is 12.1 Å². The lowest BCUT2D eigenvalue weighted by molar-refractivity contribution is 0.0333. The predicted octanol–water partition coefficient (Wildman–Crippen LogP) is 4.35. The fourth-order valence-electron chi connectivity index (χ4n) is 2.92. The molecule has 0 heterocycles. The van der Waals surface area contributed by atoms with Gasteiger partial charge < -0.3 is 15.0 Å². The molecule has 0 fully saturated rings. The van der Waals surface area contributed by atoms with Gasteiger partial charge in [0.2, 0.25) is 0 Å². The molecule has 0 aliphatic carbocycles. The molecular formula is C21H36N2O2. The number of hydrogen-bond donors (Lipinski definition) is 1. The van der Waals surface area contributed by atoms with Crippen LogP contribution in [-0.2, 0) is 4.74 Å². The van der Waals surface area contributed by atoms with Crippen molar-refractivity contribution in [1.29, 1.82) is 0 Å². The highest BCUT2D eigenvalue weighted by atomic mass is 16.5. The molecule has 0 saturated heterocycles. The molecule has 1 rings (SSSR count). The number of hydrogen-bond acceptors (Lipinski definition) is 4. The van der Waals surface area contributed by atoms with Crippen molar-refractivity contribution in [2.75, 3.05) is 25.5 Å². The minimum Gasteiger partial charge on any atom is -0.458 e. The zero-order chi connectivity index (χ0) is 19.0. The van der Waals surface area contributed by atoms with Crippen molar-refractivity contribution in [2.45, 2.75) is 59.6 Å². The monoisotopic (exact) mass is 348 g/mol. The SMILES string of the molecule is CC(C)CC(CC(C)C)NCC(C)OC(=O)c1ccc(N(C)C)cc1. The smallest absolute Gasteiger partial charge is 0.338 e. The molecule has 0 bridgehead atoms. The van der Waals surface area contributed by atoms with Gasteiger partial charge in [0.25, 0.3) is 0 Å². The molecule has 25 heavy (non-hydrogen) atoms. The molecule has 0 aliphatic heterocycles. The summed E-state index contributed by atoms with van der Waals surface area (Å²) in [5.74, 6) is 1.05. The Bertz CT molecular complexity index is 499. The van der Waals surface area contributed by atoms with E-state index in [1.54, 1.807) is 0 Å². The van der Waals surface area contributed by atoms with Gasteiger partial charge in [-0.3, -0.25) is 0 Å². The van der Waals surface area contributed by atoms with Gasteiger partial charge in [0, 0.05) is 32.4 Å². The zero-order valence-electron chi connectivity index (χ0n) is 17.0. The number of ether oxygens (including phenoxy) is 1. The second-order valence-electron chi connectivity index (χ2n) is 8.02. The number of benzene rings is 1. The average Bonchev–Trinajstić information content (AvgIpc) is 2.51. The number of carbonyl (C=O) groups excluding carboxylic acids is 1. The maximum atomic E-state index is 12.3. The summed E-state index contributed by atoms with van der Waals surface area (Å²) in [4.78, 5) is 14.3. The normalized spacial score (nSPS) is 12.7. The van der Waals surface area contributed by atoms with Crippen LogP contribution in [-0.4, -0.2) is 38.8 Å². The lowest BCUT2D eigenvalue weighted by Gasteiger charge is -2.24. The molecule has 0 radical (unpaired) electrons. The quantitative estimate of drug-likeness (QED) is 0.638. The largest absolute Gasteiger partial charge is 0.458 e. The van der Waals surface area contributed by atoms with Crippen LogP contribution in [0.25, 0.3) is 0 Å². The molecular weight excluding hydrogens is 312 g/mol. The molecule has 142 valence electrons. The van der Waals surface area contributed by atoms with Gasteiger partial charge in [0.05, 0.1) is 5.56 Å². The van der Waals surface area contributed by atoms with Crippen LogP contribution in [0.3, 0.4) is 0 Å². The molecule has 0 spiro atoms. The van der Waals surface area contributed by atoms with Gasteiger partial charge >= 0.3 is 5.97 Å². The highest BCUT2D eigenvalue weighted by Gasteiger charge is 2.16. The molecule has 0 aromatic heterocycles. The van der Waals surface area contributed by atoms with Crippen molar-refractivity contribution in [2.24, 2.45) is 11.8 Å². The summed E-state index contributed by atoms with van der Waals surface area (Å²) < 4.78 is 5.58. The minimum atomic E-state index is -0.260. The molecule has 1 aromatic carbocycles. The van der Waals surface area contributed by atoms with Gasteiger partial charge in [-0.1, -0.05) is 27.7 Å². The first-order valence-electron chi connectivity index (χ1n) is 9.40. The van der Waals surface area contributed by atoms with Crippen LogP contribution in [0, 0.1) is 11.8 Å². The van der Waals surface area contributed by atoms with Crippen molar-refractivity contribution >= 4 is 11.7 Å². The Balaban J connectivity index is 2.50. The van der Waals surface area contributed by atoms with E-state index in [2.05, 4.69) is 33.0 Å². The fraction of sp³-hybridized carbons (Fsp3) is 0.667. The van der Waals surface area contributed by atoms with Crippen LogP contribution in [0.1, 0.15) is 57.8 Å². The first-order chi connectivity index (χ1) is 11.7. The topological polar surface area (TPSA) is 41.6 Å². The van der Waals surface area contributed by atoms with Crippen LogP contribution in [0.15, 0.2) is 24.3 Å². The van der Waals surface area contributed by atoms with Crippen molar-refractivity contribution in [3.63, 3.8) is 0 Å². The van der Waals surface area contributed by atoms with E-state index in [4.69, 9.17) is 4.74 Å². The summed E-state index contributed by atoms with van der Waals surface area (Å²) in [6, 6.07) is 7.97. The second-order valence-corrected chi connectivity index (χ2v) is 8.02. The highest BCUT2D eigenvalue weighted by Crippen LogP contribution is 2.15. The molecule has 4 nitrogen and oxygen atoms in total. The van der Waals surface area contributed by atoms with Crippen molar-refractivity contribution < 1.29 is 9.53 Å². The first-order valence-corrected chi connectivity index (χ1v) is 9.40. The van der Waals surface area contributed by atoms with Gasteiger partial charge in [0.1, 0.15) is 6.10 Å². The number of nitrogens with zero attached hydrogens (tertiary/aromatic N) is 1. The third kappa shape index (κ3) is 8.39. The van der Waals surface area contributed by atoms with E-state index < -0.39 is 0 Å². The van der Waals surface area contributed by atoms with E-state index >= 15 is 0 Å². The van der Waals surface area contributed by atoms with Crippen LogP contribution in [0.5, 0.6) is 0 Å². The van der Waals surface area contributed by atoms with E-state index in [1.165, 1.54) is 0 Å². The van der Waals surface area contributed by atoms with E-state index in [9.17, 15) is 4.79 Å². The Kier molecular flexibility index (Phi) is 8.98. The van der Waals surface area contributed by atoms with E-state index in [0.717, 1.165) is 18.5 Å². The molecule has 1 aromatic rings. The number of carbonyl (C=O) groups is 1. The predicted molar refractivity (Wildman–Crippen MR) is 106 cm³/mol. The molecule has 1 unspecified atom stereocenters. The minimum absolute atomic E-state index is 0.150. The van der Waals surface area contributed by atoms with E-state index in [1.807, 2.05) is 50.2 Å². The summed E-state index contributed by atoms with van der Waals surface area (Å²) in [6.07, 6.45) is 2.14. The maximum absolute atomic E-state index is 12.3. The van der Waals surface area contributed by atoms with Crippen molar-refractivity contribution in [3.05, 3.63) is 29.8 Å². The standard InChI is InChI=1S/C21H36N2O2/c1-15(2)12-19(13-16(3)4)22-14-17(5)25-21(24)18-8-10-20(11-9-18)23(6)7/h8-11,15-17,19,22H,12-14H2,1-7H3. The Morgan fingerprint density at radius 3 is 1.96 bits per heavy atom. The Morgan fingerprint density at radius 2 is 1.52 bits per heavy atom. The van der Waals surface area contributed by atoms with Gasteiger partial charge in [-0.05, 0) is 55.9 Å². The number of anilines is 1. The summed E-state index contributed by atoms with van der Waals surface area (Å²) in [6.45, 7) is 11.6. The van der Waals surface area contributed by atoms with Crippen LogP contribution < -0.4 is 10.2 Å². The summed E-state index contributed by atoms with van der Waals surface area (Å²) >= 11 is 0. The summed E-state index contributed by atoms with van der Waals surface area (Å²) in [5, 5.41) is 3.58. The molecule has 4 heteroatoms. The first kappa shape index (κ1) is 21.5. The van der Waals surface area contributed by atoms with Crippen molar-refractivity contribution in [3.8, 4) is 0 Å². The average molecular weight is 349 g/mol. The lowest BCUT2D eigenvalue weighted by Crippen LogP contribution is -2.38. The third-order valence-electron chi connectivity index (χ3n) is 4.13. The molecule has 1 N–H and O–H groups in total. The molecule has 0 amide bonds. The van der Waals surface area contributed by atoms with Gasteiger partial charge in [-0.2, -0.15) is 0 Å². The van der Waals surface area contributed by atoms with Gasteiger partial charge in [0.15, 0.2) is 0 Å². The Morgan fingerprint density at radius 1 is 1.00 bits per heavy atom. The molecule has 0 saturated carbocycles. The van der Waals surface area contributed by atoms with Crippen molar-refractivity contribution in [1.82, 2.24) is 5.32 Å². The second kappa shape index (κ2) is 10.4.